The predicted molar refractivity (Wildman–Crippen MR) is 149 cm³/mol. The van der Waals surface area contributed by atoms with Gasteiger partial charge in [0.2, 0.25) is 0 Å². The number of likely N-dealkylation sites (tertiary alicyclic amines) is 1. The molecule has 3 aromatic rings. The number of nitrogens with zero attached hydrogens (tertiary/aromatic N) is 2. The van der Waals surface area contributed by atoms with Gasteiger partial charge in [0.25, 0.3) is 0 Å². The molecule has 5 nitrogen and oxygen atoms in total. The molecule has 1 fully saturated rings. The summed E-state index contributed by atoms with van der Waals surface area (Å²) in [5.41, 5.74) is -0.284. The van der Waals surface area contributed by atoms with Crippen LogP contribution in [0.15, 0.2) is 53.6 Å². The summed E-state index contributed by atoms with van der Waals surface area (Å²) in [7, 11) is 1.53. The van der Waals surface area contributed by atoms with E-state index in [1.54, 1.807) is 24.3 Å². The van der Waals surface area contributed by atoms with Crippen molar-refractivity contribution in [2.45, 2.75) is 49.3 Å². The number of halogens is 5. The summed E-state index contributed by atoms with van der Waals surface area (Å²) in [6, 6.07) is 10.5. The fourth-order valence-electron chi connectivity index (χ4n) is 5.33. The van der Waals surface area contributed by atoms with Crippen LogP contribution in [0, 0.1) is 5.41 Å². The number of carboxylic acids is 1. The second-order valence-corrected chi connectivity index (χ2v) is 11.8. The zero-order valence-corrected chi connectivity index (χ0v) is 23.6. The molecule has 0 aliphatic carbocycles. The third-order valence-corrected chi connectivity index (χ3v) is 8.87. The van der Waals surface area contributed by atoms with Crippen molar-refractivity contribution in [3.8, 4) is 5.75 Å². The monoisotopic (exact) mass is 598 g/mol. The second kappa shape index (κ2) is 13.0. The van der Waals surface area contributed by atoms with Crippen molar-refractivity contribution in [1.82, 2.24) is 9.88 Å². The van der Waals surface area contributed by atoms with Crippen LogP contribution in [0.1, 0.15) is 49.4 Å². The summed E-state index contributed by atoms with van der Waals surface area (Å²) in [4.78, 5) is 18.8. The maximum Gasteiger partial charge on any atom is 0.416 e. The summed E-state index contributed by atoms with van der Waals surface area (Å²) in [6.07, 6.45) is -2.70. The van der Waals surface area contributed by atoms with Crippen molar-refractivity contribution in [3.05, 3.63) is 64.8 Å². The molecule has 1 N–H and O–H groups in total. The SMILES string of the molecule is COc1ccc2ncc(Cl)c([C@H](F)CCC3(CC(=O)O)CCN(CCSc4cccc(C(F)(F)F)c4)CC3)c2c1. The van der Waals surface area contributed by atoms with Gasteiger partial charge in [-0.3, -0.25) is 9.78 Å². The molecule has 2 aromatic carbocycles. The molecule has 0 radical (unpaired) electrons. The van der Waals surface area contributed by atoms with Crippen molar-refractivity contribution in [1.29, 1.82) is 0 Å². The van der Waals surface area contributed by atoms with E-state index in [1.165, 1.54) is 31.1 Å². The van der Waals surface area contributed by atoms with Crippen LogP contribution in [0.3, 0.4) is 0 Å². The first-order valence-corrected chi connectivity index (χ1v) is 14.4. The molecule has 4 rings (SSSR count). The van der Waals surface area contributed by atoms with Gasteiger partial charge in [0.05, 0.1) is 29.6 Å². The maximum atomic E-state index is 15.7. The number of fused-ring (bicyclic) bond motifs is 1. The number of carboxylic acid groups (broad SMARTS) is 1. The third-order valence-electron chi connectivity index (χ3n) is 7.59. The fraction of sp³-hybridized carbons (Fsp3) is 0.448. The van der Waals surface area contributed by atoms with E-state index in [4.69, 9.17) is 16.3 Å². The van der Waals surface area contributed by atoms with Gasteiger partial charge in [-0.1, -0.05) is 17.7 Å². The Balaban J connectivity index is 1.36. The highest BCUT2D eigenvalue weighted by molar-refractivity contribution is 7.99. The molecule has 0 bridgehead atoms. The molecule has 216 valence electrons. The number of piperidine rings is 1. The first kappa shape index (κ1) is 30.4. The number of thioether (sulfide) groups is 1. The van der Waals surface area contributed by atoms with Crippen molar-refractivity contribution in [2.75, 3.05) is 32.5 Å². The number of rotatable bonds is 11. The van der Waals surface area contributed by atoms with Crippen molar-refractivity contribution in [2.24, 2.45) is 5.41 Å². The number of ether oxygens (including phenoxy) is 1. The predicted octanol–water partition coefficient (Wildman–Crippen LogP) is 8.06. The van der Waals surface area contributed by atoms with Crippen LogP contribution in [0.2, 0.25) is 5.02 Å². The molecule has 1 aliphatic rings. The lowest BCUT2D eigenvalue weighted by Gasteiger charge is -2.41. The van der Waals surface area contributed by atoms with Crippen LogP contribution in [-0.4, -0.2) is 53.5 Å². The second-order valence-electron chi connectivity index (χ2n) is 10.2. The Labute approximate surface area is 239 Å². The van der Waals surface area contributed by atoms with E-state index in [2.05, 4.69) is 9.88 Å². The average Bonchev–Trinajstić information content (AvgIpc) is 2.92. The smallest absolute Gasteiger partial charge is 0.416 e. The Kier molecular flexibility index (Phi) is 9.85. The molecule has 1 aromatic heterocycles. The number of benzene rings is 2. The molecule has 40 heavy (non-hydrogen) atoms. The molecule has 0 saturated carbocycles. The zero-order valence-electron chi connectivity index (χ0n) is 22.0. The average molecular weight is 599 g/mol. The summed E-state index contributed by atoms with van der Waals surface area (Å²) >= 11 is 7.73. The van der Waals surface area contributed by atoms with Crippen LogP contribution in [0.4, 0.5) is 17.6 Å². The number of alkyl halides is 4. The van der Waals surface area contributed by atoms with E-state index in [1.807, 2.05) is 0 Å². The lowest BCUT2D eigenvalue weighted by Crippen LogP contribution is -2.42. The van der Waals surface area contributed by atoms with Gasteiger partial charge in [0, 0.05) is 34.3 Å². The Morgan fingerprint density at radius 1 is 1.23 bits per heavy atom. The molecule has 0 amide bonds. The molecule has 0 spiro atoms. The first-order chi connectivity index (χ1) is 19.0. The number of hydrogen-bond donors (Lipinski definition) is 1. The van der Waals surface area contributed by atoms with E-state index >= 15 is 4.39 Å². The first-order valence-electron chi connectivity index (χ1n) is 13.0. The van der Waals surface area contributed by atoms with Gasteiger partial charge < -0.3 is 14.7 Å². The van der Waals surface area contributed by atoms with Gasteiger partial charge in [-0.2, -0.15) is 13.2 Å². The molecule has 1 aliphatic heterocycles. The van der Waals surface area contributed by atoms with Crippen LogP contribution in [0.25, 0.3) is 10.9 Å². The van der Waals surface area contributed by atoms with E-state index in [9.17, 15) is 23.1 Å². The van der Waals surface area contributed by atoms with Gasteiger partial charge in [0.1, 0.15) is 11.9 Å². The quantitative estimate of drug-likeness (QED) is 0.178. The topological polar surface area (TPSA) is 62.7 Å². The lowest BCUT2D eigenvalue weighted by atomic mass is 9.71. The molecule has 11 heteroatoms. The minimum absolute atomic E-state index is 0.0504. The maximum absolute atomic E-state index is 15.7. The molecule has 1 atom stereocenters. The summed E-state index contributed by atoms with van der Waals surface area (Å²) in [5, 5.41) is 10.4. The highest BCUT2D eigenvalue weighted by Crippen LogP contribution is 2.44. The van der Waals surface area contributed by atoms with E-state index in [-0.39, 0.29) is 17.9 Å². The number of methoxy groups -OCH3 is 1. The molecular formula is C29H31ClF4N2O3S. The Bertz CT molecular complexity index is 1330. The Morgan fingerprint density at radius 3 is 2.65 bits per heavy atom. The molecule has 2 heterocycles. The van der Waals surface area contributed by atoms with E-state index in [0.29, 0.717) is 71.8 Å². The number of hydrogen-bond acceptors (Lipinski definition) is 5. The van der Waals surface area contributed by atoms with Crippen molar-refractivity contribution < 1.29 is 32.2 Å². The van der Waals surface area contributed by atoms with Crippen LogP contribution in [0.5, 0.6) is 5.75 Å². The summed E-state index contributed by atoms with van der Waals surface area (Å²) in [6.45, 7) is 1.95. The van der Waals surface area contributed by atoms with Crippen LogP contribution < -0.4 is 4.74 Å². The highest BCUT2D eigenvalue weighted by Gasteiger charge is 2.37. The van der Waals surface area contributed by atoms with Gasteiger partial charge in [-0.05, 0) is 80.6 Å². The molecule has 0 unspecified atom stereocenters. The Morgan fingerprint density at radius 2 is 1.98 bits per heavy atom. The number of aromatic nitrogens is 1. The van der Waals surface area contributed by atoms with Crippen LogP contribution >= 0.6 is 23.4 Å². The van der Waals surface area contributed by atoms with Gasteiger partial charge >= 0.3 is 12.1 Å². The Hall–Kier alpha value is -2.56. The minimum Gasteiger partial charge on any atom is -0.497 e. The zero-order chi connectivity index (χ0) is 28.9. The summed E-state index contributed by atoms with van der Waals surface area (Å²) in [5.74, 6) is 0.253. The highest BCUT2D eigenvalue weighted by atomic mass is 35.5. The largest absolute Gasteiger partial charge is 0.497 e. The fourth-order valence-corrected chi connectivity index (χ4v) is 6.57. The van der Waals surface area contributed by atoms with E-state index < -0.39 is 29.3 Å². The number of aliphatic carboxylic acids is 1. The lowest BCUT2D eigenvalue weighted by molar-refractivity contribution is -0.141. The van der Waals surface area contributed by atoms with Crippen molar-refractivity contribution >= 4 is 40.2 Å². The standard InChI is InChI=1S/C29H31ClF4N2O3S/c1-39-20-5-6-25-22(16-20)27(23(30)18-35-25)24(31)7-8-28(17-26(37)38)9-11-36(12-10-28)13-14-40-21-4-2-3-19(15-21)29(32,33)34/h2-6,15-16,18,24H,7-14,17H2,1H3,(H,37,38)/t24-/m1/s1. The van der Waals surface area contributed by atoms with Crippen LogP contribution in [-0.2, 0) is 11.0 Å². The summed E-state index contributed by atoms with van der Waals surface area (Å²) < 4.78 is 60.0. The number of carbonyl (C=O) groups is 1. The molecular weight excluding hydrogens is 568 g/mol. The van der Waals surface area contributed by atoms with Gasteiger partial charge in [0.15, 0.2) is 0 Å². The van der Waals surface area contributed by atoms with Gasteiger partial charge in [-0.15, -0.1) is 11.8 Å². The minimum atomic E-state index is -4.38. The normalized spacial score (nSPS) is 16.6. The number of pyridine rings is 1. The van der Waals surface area contributed by atoms with Gasteiger partial charge in [-0.25, -0.2) is 4.39 Å². The third kappa shape index (κ3) is 7.59. The molecule has 1 saturated heterocycles. The van der Waals surface area contributed by atoms with Crippen molar-refractivity contribution in [3.63, 3.8) is 0 Å². The van der Waals surface area contributed by atoms with E-state index in [0.717, 1.165) is 12.1 Å².